The molecular weight excluding hydrogens is 346 g/mol. The summed E-state index contributed by atoms with van der Waals surface area (Å²) in [5, 5.41) is 10.1. The smallest absolute Gasteiger partial charge is 0.410 e. The van der Waals surface area contributed by atoms with Gasteiger partial charge in [0.15, 0.2) is 0 Å². The average molecular weight is 371 g/mol. The summed E-state index contributed by atoms with van der Waals surface area (Å²) in [6.45, 7) is 7.04. The standard InChI is InChI=1S/C17H25NO6S/c1-12-5-7-13(8-6-12)25(21,22)23-11-14-15(19)9-10-18(14)16(20)24-17(2,3)4/h5-8,14-15,19H,9-11H2,1-4H3/t14-,15+/m1/s1. The summed E-state index contributed by atoms with van der Waals surface area (Å²) in [6, 6.07) is 5.50. The van der Waals surface area contributed by atoms with Gasteiger partial charge in [-0.2, -0.15) is 8.42 Å². The van der Waals surface area contributed by atoms with Crippen LogP contribution in [0.1, 0.15) is 32.8 Å². The number of hydrogen-bond acceptors (Lipinski definition) is 6. The van der Waals surface area contributed by atoms with Crippen LogP contribution in [0, 0.1) is 6.92 Å². The van der Waals surface area contributed by atoms with Crippen molar-refractivity contribution >= 4 is 16.2 Å². The summed E-state index contributed by atoms with van der Waals surface area (Å²) in [7, 11) is -3.96. The van der Waals surface area contributed by atoms with E-state index < -0.39 is 34.0 Å². The lowest BCUT2D eigenvalue weighted by atomic mass is 10.2. The maximum absolute atomic E-state index is 12.3. The fourth-order valence-electron chi connectivity index (χ4n) is 2.52. The van der Waals surface area contributed by atoms with Crippen LogP contribution in [0.3, 0.4) is 0 Å². The Morgan fingerprint density at radius 2 is 1.88 bits per heavy atom. The van der Waals surface area contributed by atoms with Crippen LogP contribution < -0.4 is 0 Å². The quantitative estimate of drug-likeness (QED) is 0.815. The van der Waals surface area contributed by atoms with E-state index in [9.17, 15) is 18.3 Å². The first-order valence-corrected chi connectivity index (χ1v) is 9.54. The number of carbonyl (C=O) groups excluding carboxylic acids is 1. The van der Waals surface area contributed by atoms with Crippen LogP contribution in [0.4, 0.5) is 4.79 Å². The fraction of sp³-hybridized carbons (Fsp3) is 0.588. The van der Waals surface area contributed by atoms with Gasteiger partial charge in [0.25, 0.3) is 10.1 Å². The van der Waals surface area contributed by atoms with Crippen LogP contribution in [-0.4, -0.2) is 55.4 Å². The highest BCUT2D eigenvalue weighted by Gasteiger charge is 2.39. The minimum absolute atomic E-state index is 0.0365. The number of amides is 1. The van der Waals surface area contributed by atoms with E-state index in [1.807, 2.05) is 6.92 Å². The van der Waals surface area contributed by atoms with Crippen molar-refractivity contribution in [2.75, 3.05) is 13.2 Å². The highest BCUT2D eigenvalue weighted by atomic mass is 32.2. The molecule has 7 nitrogen and oxygen atoms in total. The Balaban J connectivity index is 2.06. The normalized spacial score (nSPS) is 21.4. The van der Waals surface area contributed by atoms with Crippen molar-refractivity contribution in [3.05, 3.63) is 29.8 Å². The number of aliphatic hydroxyl groups is 1. The van der Waals surface area contributed by atoms with Crippen LogP contribution in [-0.2, 0) is 19.0 Å². The van der Waals surface area contributed by atoms with Gasteiger partial charge in [-0.05, 0) is 46.2 Å². The zero-order valence-corrected chi connectivity index (χ0v) is 15.7. The summed E-state index contributed by atoms with van der Waals surface area (Å²) < 4.78 is 34.9. The van der Waals surface area contributed by atoms with Gasteiger partial charge in [-0.25, -0.2) is 4.79 Å². The molecular formula is C17H25NO6S. The number of hydrogen-bond donors (Lipinski definition) is 1. The minimum Gasteiger partial charge on any atom is -0.444 e. The van der Waals surface area contributed by atoms with Crippen LogP contribution >= 0.6 is 0 Å². The monoisotopic (exact) mass is 371 g/mol. The lowest BCUT2D eigenvalue weighted by molar-refractivity contribution is 0.00896. The number of nitrogens with zero attached hydrogens (tertiary/aromatic N) is 1. The van der Waals surface area contributed by atoms with Crippen molar-refractivity contribution in [1.82, 2.24) is 4.90 Å². The topological polar surface area (TPSA) is 93.1 Å². The summed E-state index contributed by atoms with van der Waals surface area (Å²) in [5.74, 6) is 0. The van der Waals surface area contributed by atoms with Gasteiger partial charge in [0.05, 0.1) is 23.6 Å². The SMILES string of the molecule is Cc1ccc(S(=O)(=O)OC[C@@H]2[C@@H](O)CCN2C(=O)OC(C)(C)C)cc1. The predicted molar refractivity (Wildman–Crippen MR) is 91.7 cm³/mol. The molecule has 0 radical (unpaired) electrons. The molecule has 1 heterocycles. The number of carbonyl (C=O) groups is 1. The van der Waals surface area contributed by atoms with Crippen molar-refractivity contribution in [2.24, 2.45) is 0 Å². The summed E-state index contributed by atoms with van der Waals surface area (Å²) in [4.78, 5) is 13.6. The molecule has 1 fully saturated rings. The van der Waals surface area contributed by atoms with Crippen molar-refractivity contribution in [3.63, 3.8) is 0 Å². The van der Waals surface area contributed by atoms with Gasteiger partial charge in [-0.15, -0.1) is 0 Å². The molecule has 1 N–H and O–H groups in total. The van der Waals surface area contributed by atoms with E-state index in [0.717, 1.165) is 5.56 Å². The van der Waals surface area contributed by atoms with Gasteiger partial charge >= 0.3 is 6.09 Å². The van der Waals surface area contributed by atoms with Crippen molar-refractivity contribution < 1.29 is 27.2 Å². The number of aliphatic hydroxyl groups excluding tert-OH is 1. The second-order valence-corrected chi connectivity index (χ2v) is 8.76. The Morgan fingerprint density at radius 3 is 2.44 bits per heavy atom. The summed E-state index contributed by atoms with van der Waals surface area (Å²) >= 11 is 0. The molecule has 2 atom stereocenters. The number of likely N-dealkylation sites (tertiary alicyclic amines) is 1. The van der Waals surface area contributed by atoms with Gasteiger partial charge in [0, 0.05) is 6.54 Å². The first kappa shape index (κ1) is 19.7. The predicted octanol–water partition coefficient (Wildman–Crippen LogP) is 2.07. The zero-order valence-electron chi connectivity index (χ0n) is 14.9. The second kappa shape index (κ2) is 7.31. The maximum Gasteiger partial charge on any atom is 0.410 e. The van der Waals surface area contributed by atoms with E-state index in [-0.39, 0.29) is 18.0 Å². The molecule has 1 saturated heterocycles. The van der Waals surface area contributed by atoms with Crippen LogP contribution in [0.25, 0.3) is 0 Å². The first-order chi connectivity index (χ1) is 11.5. The van der Waals surface area contributed by atoms with E-state index >= 15 is 0 Å². The Morgan fingerprint density at radius 1 is 1.28 bits per heavy atom. The lowest BCUT2D eigenvalue weighted by Gasteiger charge is -2.29. The van der Waals surface area contributed by atoms with Crippen LogP contribution in [0.2, 0.25) is 0 Å². The first-order valence-electron chi connectivity index (χ1n) is 8.13. The molecule has 8 heteroatoms. The van der Waals surface area contributed by atoms with Gasteiger partial charge < -0.3 is 14.7 Å². The molecule has 1 aromatic carbocycles. The van der Waals surface area contributed by atoms with E-state index in [2.05, 4.69) is 0 Å². The Labute approximate surface area is 148 Å². The molecule has 0 spiro atoms. The number of aryl methyl sites for hydroxylation is 1. The molecule has 0 aromatic heterocycles. The molecule has 1 aromatic rings. The van der Waals surface area contributed by atoms with Crippen LogP contribution in [0.5, 0.6) is 0 Å². The van der Waals surface area contributed by atoms with Crippen molar-refractivity contribution in [3.8, 4) is 0 Å². The Kier molecular flexibility index (Phi) is 5.75. The molecule has 2 rings (SSSR count). The molecule has 0 unspecified atom stereocenters. The third-order valence-corrected chi connectivity index (χ3v) is 5.14. The molecule has 0 aliphatic carbocycles. The highest BCUT2D eigenvalue weighted by molar-refractivity contribution is 7.86. The van der Waals surface area contributed by atoms with Gasteiger partial charge in [0.1, 0.15) is 5.60 Å². The van der Waals surface area contributed by atoms with E-state index in [1.54, 1.807) is 32.9 Å². The number of benzene rings is 1. The second-order valence-electron chi connectivity index (χ2n) is 7.15. The molecule has 1 aliphatic heterocycles. The molecule has 1 amide bonds. The van der Waals surface area contributed by atoms with Crippen LogP contribution in [0.15, 0.2) is 29.2 Å². The molecule has 1 aliphatic rings. The highest BCUT2D eigenvalue weighted by Crippen LogP contribution is 2.23. The van der Waals surface area contributed by atoms with E-state index in [0.29, 0.717) is 6.42 Å². The van der Waals surface area contributed by atoms with E-state index in [1.165, 1.54) is 17.0 Å². The maximum atomic E-state index is 12.3. The fourth-order valence-corrected chi connectivity index (χ4v) is 3.44. The third kappa shape index (κ3) is 5.17. The molecule has 140 valence electrons. The summed E-state index contributed by atoms with van der Waals surface area (Å²) in [5.41, 5.74) is 0.255. The largest absolute Gasteiger partial charge is 0.444 e. The molecule has 0 saturated carbocycles. The molecule has 0 bridgehead atoms. The van der Waals surface area contributed by atoms with Gasteiger partial charge in [-0.1, -0.05) is 17.7 Å². The number of rotatable bonds is 4. The average Bonchev–Trinajstić information content (AvgIpc) is 2.85. The minimum atomic E-state index is -3.96. The molecule has 25 heavy (non-hydrogen) atoms. The third-order valence-electron chi connectivity index (χ3n) is 3.84. The van der Waals surface area contributed by atoms with E-state index in [4.69, 9.17) is 8.92 Å². The number of ether oxygens (including phenoxy) is 1. The van der Waals surface area contributed by atoms with Crippen molar-refractivity contribution in [2.45, 2.75) is 56.8 Å². The zero-order chi connectivity index (χ0) is 18.8. The Bertz CT molecular complexity index is 708. The van der Waals surface area contributed by atoms with Gasteiger partial charge in [0.2, 0.25) is 0 Å². The van der Waals surface area contributed by atoms with Gasteiger partial charge in [-0.3, -0.25) is 4.18 Å². The lowest BCUT2D eigenvalue weighted by Crippen LogP contribution is -2.45. The Hall–Kier alpha value is -1.64. The summed E-state index contributed by atoms with van der Waals surface area (Å²) in [6.07, 6.45) is -1.11. The van der Waals surface area contributed by atoms with Crippen molar-refractivity contribution in [1.29, 1.82) is 0 Å².